The number of aryl methyl sites for hydroxylation is 1. The van der Waals surface area contributed by atoms with E-state index in [0.717, 1.165) is 11.1 Å². The fraction of sp³-hybridized carbons (Fsp3) is 0.412. The minimum Gasteiger partial charge on any atom is -0.170 e. The molecule has 1 aromatic carbocycles. The monoisotopic (exact) mass is 280 g/mol. The third kappa shape index (κ3) is 2.54. The lowest BCUT2D eigenvalue weighted by atomic mass is 9.71. The number of hydrogen-bond donors (Lipinski definition) is 0. The summed E-state index contributed by atoms with van der Waals surface area (Å²) >= 11 is 0. The zero-order valence-electron chi connectivity index (χ0n) is 12.0. The van der Waals surface area contributed by atoms with Crippen molar-refractivity contribution in [3.8, 4) is 0 Å². The summed E-state index contributed by atoms with van der Waals surface area (Å²) in [7, 11) is 0. The van der Waals surface area contributed by atoms with Crippen molar-refractivity contribution in [2.24, 2.45) is 0 Å². The van der Waals surface area contributed by atoms with Gasteiger partial charge in [-0.3, -0.25) is 0 Å². The maximum Gasteiger partial charge on any atom is 0.401 e. The van der Waals surface area contributed by atoms with Crippen LogP contribution in [0.3, 0.4) is 0 Å². The first-order valence-electron chi connectivity index (χ1n) is 6.76. The second-order valence-corrected chi connectivity index (χ2v) is 5.69. The van der Waals surface area contributed by atoms with Crippen molar-refractivity contribution in [1.82, 2.24) is 0 Å². The summed E-state index contributed by atoms with van der Waals surface area (Å²) in [6.07, 6.45) is 0.311. The Balaban J connectivity index is 2.55. The molecule has 0 radical (unpaired) electrons. The van der Waals surface area contributed by atoms with Crippen molar-refractivity contribution >= 4 is 0 Å². The van der Waals surface area contributed by atoms with Crippen molar-refractivity contribution in [3.63, 3.8) is 0 Å². The maximum atomic E-state index is 13.7. The predicted octanol–water partition coefficient (Wildman–Crippen LogP) is 5.48. The summed E-state index contributed by atoms with van der Waals surface area (Å²) in [5.41, 5.74) is 0.945. The Morgan fingerprint density at radius 2 is 1.50 bits per heavy atom. The third-order valence-corrected chi connectivity index (χ3v) is 4.20. The van der Waals surface area contributed by atoms with E-state index < -0.39 is 11.6 Å². The Morgan fingerprint density at radius 1 is 0.900 bits per heavy atom. The first-order valence-corrected chi connectivity index (χ1v) is 6.76. The highest BCUT2D eigenvalue weighted by molar-refractivity contribution is 5.42. The topological polar surface area (TPSA) is 0 Å². The first kappa shape index (κ1) is 14.9. The fourth-order valence-corrected chi connectivity index (χ4v) is 2.58. The minimum atomic E-state index is -4.30. The second-order valence-electron chi connectivity index (χ2n) is 5.69. The van der Waals surface area contributed by atoms with Crippen LogP contribution in [-0.2, 0) is 5.41 Å². The number of allylic oxidation sites excluding steroid dienone is 4. The molecule has 1 aliphatic carbocycles. The Labute approximate surface area is 118 Å². The summed E-state index contributed by atoms with van der Waals surface area (Å²) in [5, 5.41) is 0. The molecule has 0 bridgehead atoms. The molecule has 0 saturated carbocycles. The van der Waals surface area contributed by atoms with E-state index >= 15 is 0 Å². The van der Waals surface area contributed by atoms with Crippen LogP contribution >= 0.6 is 0 Å². The van der Waals surface area contributed by atoms with Gasteiger partial charge in [-0.15, -0.1) is 0 Å². The van der Waals surface area contributed by atoms with Crippen molar-refractivity contribution in [2.75, 3.05) is 0 Å². The quantitative estimate of drug-likeness (QED) is 0.672. The van der Waals surface area contributed by atoms with E-state index in [2.05, 4.69) is 0 Å². The molecule has 108 valence electrons. The van der Waals surface area contributed by atoms with E-state index in [9.17, 15) is 13.2 Å². The third-order valence-electron chi connectivity index (χ3n) is 4.20. The zero-order valence-corrected chi connectivity index (χ0v) is 12.0. The van der Waals surface area contributed by atoms with Gasteiger partial charge in [-0.25, -0.2) is 0 Å². The smallest absolute Gasteiger partial charge is 0.170 e. The van der Waals surface area contributed by atoms with Crippen LogP contribution in [0.5, 0.6) is 0 Å². The van der Waals surface area contributed by atoms with Crippen LogP contribution in [0.15, 0.2) is 47.6 Å². The first-order chi connectivity index (χ1) is 9.25. The van der Waals surface area contributed by atoms with Crippen LogP contribution in [0.25, 0.3) is 0 Å². The molecule has 2 rings (SSSR count). The highest BCUT2D eigenvalue weighted by atomic mass is 19.4. The van der Waals surface area contributed by atoms with E-state index in [1.165, 1.54) is 6.92 Å². The van der Waals surface area contributed by atoms with Gasteiger partial charge in [0.1, 0.15) is 5.41 Å². The van der Waals surface area contributed by atoms with Gasteiger partial charge in [-0.1, -0.05) is 53.1 Å². The number of benzene rings is 1. The maximum absolute atomic E-state index is 13.7. The van der Waals surface area contributed by atoms with E-state index in [0.29, 0.717) is 24.0 Å². The van der Waals surface area contributed by atoms with Crippen LogP contribution in [0.1, 0.15) is 37.8 Å². The van der Waals surface area contributed by atoms with Gasteiger partial charge in [0.25, 0.3) is 0 Å². The van der Waals surface area contributed by atoms with Gasteiger partial charge in [-0.2, -0.15) is 13.2 Å². The van der Waals surface area contributed by atoms with Crippen molar-refractivity contribution in [3.05, 3.63) is 58.7 Å². The lowest BCUT2D eigenvalue weighted by molar-refractivity contribution is -0.175. The molecule has 3 heteroatoms. The van der Waals surface area contributed by atoms with E-state index in [1.807, 2.05) is 13.8 Å². The largest absolute Gasteiger partial charge is 0.401 e. The van der Waals surface area contributed by atoms with Crippen LogP contribution in [0, 0.1) is 6.92 Å². The Hall–Kier alpha value is -1.51. The molecular formula is C17H19F3. The van der Waals surface area contributed by atoms with Gasteiger partial charge < -0.3 is 0 Å². The second kappa shape index (κ2) is 5.12. The van der Waals surface area contributed by atoms with Crippen LogP contribution < -0.4 is 0 Å². The molecule has 0 amide bonds. The lowest BCUT2D eigenvalue weighted by Crippen LogP contribution is -2.41. The SMILES string of the molecule is CC1=CC=C(C(C)(c2ccc(C)cc2)C(F)(F)F)CC1. The van der Waals surface area contributed by atoms with Gasteiger partial charge in [0.2, 0.25) is 0 Å². The molecule has 0 fully saturated rings. The van der Waals surface area contributed by atoms with Gasteiger partial charge in [0.15, 0.2) is 0 Å². The van der Waals surface area contributed by atoms with Gasteiger partial charge in [0, 0.05) is 0 Å². The molecule has 0 N–H and O–H groups in total. The zero-order chi connectivity index (χ0) is 15.0. The Bertz CT molecular complexity index is 547. The van der Waals surface area contributed by atoms with Gasteiger partial charge in [-0.05, 0) is 39.2 Å². The molecule has 20 heavy (non-hydrogen) atoms. The molecule has 1 aliphatic rings. The molecular weight excluding hydrogens is 261 g/mol. The Kier molecular flexibility index (Phi) is 3.81. The normalized spacial score (nSPS) is 19.1. The number of rotatable bonds is 2. The summed E-state index contributed by atoms with van der Waals surface area (Å²) < 4.78 is 41.1. The average molecular weight is 280 g/mol. The molecule has 0 aromatic heterocycles. The predicted molar refractivity (Wildman–Crippen MR) is 75.7 cm³/mol. The molecule has 1 unspecified atom stereocenters. The molecule has 1 atom stereocenters. The number of hydrogen-bond acceptors (Lipinski definition) is 0. The lowest BCUT2D eigenvalue weighted by Gasteiger charge is -2.36. The molecule has 0 aliphatic heterocycles. The minimum absolute atomic E-state index is 0.315. The molecule has 0 saturated heterocycles. The summed E-state index contributed by atoms with van der Waals surface area (Å²) in [6.45, 7) is 5.11. The fourth-order valence-electron chi connectivity index (χ4n) is 2.58. The molecule has 1 aromatic rings. The summed E-state index contributed by atoms with van der Waals surface area (Å²) in [4.78, 5) is 0. The average Bonchev–Trinajstić information content (AvgIpc) is 2.38. The van der Waals surface area contributed by atoms with E-state index in [1.54, 1.807) is 36.4 Å². The molecule has 0 spiro atoms. The number of alkyl halides is 3. The standard InChI is InChI=1S/C17H19F3/c1-12-4-8-14(9-5-12)16(3,17(18,19)20)15-10-6-13(2)7-11-15/h4-6,8-10H,7,11H2,1-3H3. The molecule has 0 nitrogen and oxygen atoms in total. The highest BCUT2D eigenvalue weighted by Gasteiger charge is 2.54. The van der Waals surface area contributed by atoms with E-state index in [-0.39, 0.29) is 0 Å². The van der Waals surface area contributed by atoms with Gasteiger partial charge in [0.05, 0.1) is 0 Å². The summed E-state index contributed by atoms with van der Waals surface area (Å²) in [5.74, 6) is 0. The van der Waals surface area contributed by atoms with Gasteiger partial charge >= 0.3 is 6.18 Å². The van der Waals surface area contributed by atoms with Crippen molar-refractivity contribution in [1.29, 1.82) is 0 Å². The number of halogens is 3. The highest BCUT2D eigenvalue weighted by Crippen LogP contribution is 2.48. The van der Waals surface area contributed by atoms with Crippen molar-refractivity contribution < 1.29 is 13.2 Å². The van der Waals surface area contributed by atoms with Crippen LogP contribution in [0.4, 0.5) is 13.2 Å². The van der Waals surface area contributed by atoms with Crippen LogP contribution in [-0.4, -0.2) is 6.18 Å². The summed E-state index contributed by atoms with van der Waals surface area (Å²) in [6, 6.07) is 6.66. The molecule has 0 heterocycles. The van der Waals surface area contributed by atoms with Crippen molar-refractivity contribution in [2.45, 2.75) is 45.2 Å². The van der Waals surface area contributed by atoms with Crippen LogP contribution in [0.2, 0.25) is 0 Å². The van der Waals surface area contributed by atoms with E-state index in [4.69, 9.17) is 0 Å². The Morgan fingerprint density at radius 3 is 1.95 bits per heavy atom.